The third-order valence-corrected chi connectivity index (χ3v) is 5.83. The highest BCUT2D eigenvalue weighted by Crippen LogP contribution is 2.51. The van der Waals surface area contributed by atoms with E-state index in [1.807, 2.05) is 0 Å². The molecule has 2 aromatic rings. The Morgan fingerprint density at radius 3 is 2.58 bits per heavy atom. The summed E-state index contributed by atoms with van der Waals surface area (Å²) in [6, 6.07) is 10.8. The van der Waals surface area contributed by atoms with Crippen molar-refractivity contribution in [3.63, 3.8) is 0 Å². The van der Waals surface area contributed by atoms with E-state index in [2.05, 4.69) is 73.7 Å². The lowest BCUT2D eigenvalue weighted by atomic mass is 9.64. The monoisotopic (exact) mass is 306 g/mol. The minimum absolute atomic E-state index is 0.407. The molecule has 0 fully saturated rings. The van der Waals surface area contributed by atoms with Gasteiger partial charge in [0.25, 0.3) is 0 Å². The molecule has 114 valence electrons. The van der Waals surface area contributed by atoms with Gasteiger partial charge in [0.1, 0.15) is 7.85 Å². The summed E-state index contributed by atoms with van der Waals surface area (Å²) in [6.45, 7) is 2.34. The van der Waals surface area contributed by atoms with E-state index in [4.69, 9.17) is 7.85 Å². The number of fused-ring (bicyclic) bond motifs is 7. The standard InChI is InChI=1S/C23H19B/c1-14-7-6-12-17-15-8-2-4-10-18(15)23-19-11-5-3-9-16(19)21(24)13-20(23)22(14)17/h2-6,8-15,18H,7H2,1H3. The van der Waals surface area contributed by atoms with Crippen LogP contribution in [-0.2, 0) is 0 Å². The lowest BCUT2D eigenvalue weighted by Crippen LogP contribution is -2.25. The summed E-state index contributed by atoms with van der Waals surface area (Å²) in [6.07, 6.45) is 14.9. The Hall–Kier alpha value is -2.28. The largest absolute Gasteiger partial charge is 0.114 e. The van der Waals surface area contributed by atoms with Gasteiger partial charge >= 0.3 is 0 Å². The van der Waals surface area contributed by atoms with Crippen LogP contribution in [0.25, 0.3) is 16.3 Å². The first kappa shape index (κ1) is 14.1. The van der Waals surface area contributed by atoms with E-state index in [0.717, 1.165) is 11.9 Å². The molecule has 0 spiro atoms. The molecular weight excluding hydrogens is 287 g/mol. The van der Waals surface area contributed by atoms with E-state index >= 15 is 0 Å². The first-order chi connectivity index (χ1) is 11.8. The van der Waals surface area contributed by atoms with E-state index in [1.165, 1.54) is 33.0 Å². The van der Waals surface area contributed by atoms with Crippen molar-refractivity contribution >= 4 is 29.7 Å². The fourth-order valence-electron chi connectivity index (χ4n) is 4.79. The van der Waals surface area contributed by atoms with Crippen LogP contribution in [0.5, 0.6) is 0 Å². The van der Waals surface area contributed by atoms with E-state index in [0.29, 0.717) is 17.8 Å². The molecule has 0 saturated carbocycles. The number of allylic oxidation sites excluding steroid dienone is 8. The highest BCUT2D eigenvalue weighted by molar-refractivity contribution is 6.39. The maximum Gasteiger partial charge on any atom is 0.114 e. The summed E-state index contributed by atoms with van der Waals surface area (Å²) in [4.78, 5) is 0. The third-order valence-electron chi connectivity index (χ3n) is 5.83. The Kier molecular flexibility index (Phi) is 3.00. The Morgan fingerprint density at radius 2 is 1.75 bits per heavy atom. The Morgan fingerprint density at radius 1 is 1.00 bits per heavy atom. The Labute approximate surface area is 144 Å². The quantitative estimate of drug-likeness (QED) is 0.612. The average molecular weight is 306 g/mol. The van der Waals surface area contributed by atoms with Crippen LogP contribution in [0.2, 0.25) is 0 Å². The summed E-state index contributed by atoms with van der Waals surface area (Å²) in [5.41, 5.74) is 6.73. The molecule has 0 N–H and O–H groups in total. The van der Waals surface area contributed by atoms with Gasteiger partial charge in [-0.25, -0.2) is 0 Å². The van der Waals surface area contributed by atoms with Crippen LogP contribution in [0.4, 0.5) is 0 Å². The van der Waals surface area contributed by atoms with Crippen molar-refractivity contribution in [2.45, 2.75) is 19.3 Å². The zero-order valence-corrected chi connectivity index (χ0v) is 13.9. The molecule has 0 saturated heterocycles. The lowest BCUT2D eigenvalue weighted by Gasteiger charge is -2.39. The van der Waals surface area contributed by atoms with Crippen molar-refractivity contribution < 1.29 is 0 Å². The number of benzene rings is 2. The second-order valence-corrected chi connectivity index (χ2v) is 7.20. The second kappa shape index (κ2) is 5.11. The fourth-order valence-corrected chi connectivity index (χ4v) is 4.79. The molecular formula is C23H19B. The zero-order valence-electron chi connectivity index (χ0n) is 13.9. The van der Waals surface area contributed by atoms with Crippen LogP contribution >= 0.6 is 0 Å². The molecule has 3 aliphatic rings. The van der Waals surface area contributed by atoms with Crippen molar-refractivity contribution in [2.24, 2.45) is 11.8 Å². The summed E-state index contributed by atoms with van der Waals surface area (Å²) in [7, 11) is 6.44. The van der Waals surface area contributed by atoms with Crippen molar-refractivity contribution in [2.75, 3.05) is 0 Å². The molecule has 3 atom stereocenters. The topological polar surface area (TPSA) is 0 Å². The molecule has 0 amide bonds. The number of rotatable bonds is 0. The summed E-state index contributed by atoms with van der Waals surface area (Å²) in [5.74, 6) is 1.40. The molecule has 24 heavy (non-hydrogen) atoms. The second-order valence-electron chi connectivity index (χ2n) is 7.20. The number of hydrogen-bond acceptors (Lipinski definition) is 0. The van der Waals surface area contributed by atoms with Gasteiger partial charge in [-0.05, 0) is 45.4 Å². The minimum atomic E-state index is 0.407. The molecule has 0 aromatic heterocycles. The van der Waals surface area contributed by atoms with Crippen LogP contribution < -0.4 is 5.46 Å². The van der Waals surface area contributed by atoms with Crippen LogP contribution in [0.3, 0.4) is 0 Å². The predicted molar refractivity (Wildman–Crippen MR) is 104 cm³/mol. The molecule has 3 unspecified atom stereocenters. The molecule has 2 radical (unpaired) electrons. The van der Waals surface area contributed by atoms with E-state index < -0.39 is 0 Å². The van der Waals surface area contributed by atoms with Crippen molar-refractivity contribution in [3.05, 3.63) is 83.5 Å². The highest BCUT2D eigenvalue weighted by atomic mass is 14.4. The fraction of sp³-hybridized carbons (Fsp3) is 0.217. The summed E-state index contributed by atoms with van der Waals surface area (Å²) in [5, 5.41) is 2.50. The molecule has 1 heteroatoms. The van der Waals surface area contributed by atoms with Gasteiger partial charge in [0, 0.05) is 11.8 Å². The normalized spacial score (nSPS) is 27.1. The maximum atomic E-state index is 6.44. The SMILES string of the molecule is [B]c1cc2c(c3ccccc13)C1C=CC=CC1C1=C2C(C)CC=C1. The molecule has 0 bridgehead atoms. The smallest absolute Gasteiger partial charge is 0.0884 e. The van der Waals surface area contributed by atoms with E-state index in [9.17, 15) is 0 Å². The Bertz CT molecular complexity index is 971. The Balaban J connectivity index is 1.93. The van der Waals surface area contributed by atoms with Gasteiger partial charge in [0.15, 0.2) is 0 Å². The first-order valence-electron chi connectivity index (χ1n) is 8.83. The maximum absolute atomic E-state index is 6.44. The number of hydrogen-bond donors (Lipinski definition) is 0. The van der Waals surface area contributed by atoms with Gasteiger partial charge < -0.3 is 0 Å². The van der Waals surface area contributed by atoms with Crippen LogP contribution in [0.1, 0.15) is 30.4 Å². The lowest BCUT2D eigenvalue weighted by molar-refractivity contribution is 0.635. The van der Waals surface area contributed by atoms with Crippen LogP contribution in [0.15, 0.2) is 72.4 Å². The van der Waals surface area contributed by atoms with Gasteiger partial charge in [-0.2, -0.15) is 0 Å². The van der Waals surface area contributed by atoms with Gasteiger partial charge in [0.05, 0.1) is 0 Å². The van der Waals surface area contributed by atoms with E-state index in [-0.39, 0.29) is 0 Å². The van der Waals surface area contributed by atoms with Crippen molar-refractivity contribution in [3.8, 4) is 0 Å². The highest BCUT2D eigenvalue weighted by Gasteiger charge is 2.36. The molecule has 2 aromatic carbocycles. The minimum Gasteiger partial charge on any atom is -0.0884 e. The zero-order chi connectivity index (χ0) is 16.3. The molecule has 0 aliphatic heterocycles. The van der Waals surface area contributed by atoms with Crippen molar-refractivity contribution in [1.82, 2.24) is 0 Å². The first-order valence-corrected chi connectivity index (χ1v) is 8.83. The average Bonchev–Trinajstić information content (AvgIpc) is 2.62. The van der Waals surface area contributed by atoms with Gasteiger partial charge in [-0.3, -0.25) is 0 Å². The van der Waals surface area contributed by atoms with Gasteiger partial charge in [-0.15, -0.1) is 0 Å². The van der Waals surface area contributed by atoms with Crippen LogP contribution in [0, 0.1) is 11.8 Å². The molecule has 0 heterocycles. The molecule has 0 nitrogen and oxygen atoms in total. The van der Waals surface area contributed by atoms with Crippen LogP contribution in [-0.4, -0.2) is 7.85 Å². The van der Waals surface area contributed by atoms with Gasteiger partial charge in [0.2, 0.25) is 0 Å². The van der Waals surface area contributed by atoms with Gasteiger partial charge in [-0.1, -0.05) is 79.2 Å². The predicted octanol–water partition coefficient (Wildman–Crippen LogP) is 4.82. The molecule has 5 rings (SSSR count). The third kappa shape index (κ3) is 1.82. The summed E-state index contributed by atoms with van der Waals surface area (Å²) >= 11 is 0. The molecule has 3 aliphatic carbocycles. The van der Waals surface area contributed by atoms with Crippen molar-refractivity contribution in [1.29, 1.82) is 0 Å². The van der Waals surface area contributed by atoms with E-state index in [1.54, 1.807) is 0 Å². The summed E-state index contributed by atoms with van der Waals surface area (Å²) < 4.78 is 0.